The molecule has 21 heavy (non-hydrogen) atoms. The summed E-state index contributed by atoms with van der Waals surface area (Å²) in [5.41, 5.74) is 2.46. The Labute approximate surface area is 127 Å². The van der Waals surface area contributed by atoms with E-state index in [1.807, 2.05) is 13.0 Å². The molecule has 0 saturated heterocycles. The lowest BCUT2D eigenvalue weighted by Gasteiger charge is -2.21. The second-order valence-electron chi connectivity index (χ2n) is 6.21. The molecule has 1 heterocycles. The summed E-state index contributed by atoms with van der Waals surface area (Å²) >= 11 is 0. The fourth-order valence-electron chi connectivity index (χ4n) is 2.48. The summed E-state index contributed by atoms with van der Waals surface area (Å²) in [4.78, 5) is 12.0. The molecule has 2 unspecified atom stereocenters. The van der Waals surface area contributed by atoms with Crippen molar-refractivity contribution in [3.05, 3.63) is 29.3 Å². The molecule has 2 rings (SSSR count). The van der Waals surface area contributed by atoms with E-state index in [2.05, 4.69) is 43.5 Å². The number of hydrogen-bond donors (Lipinski definition) is 2. The average molecular weight is 290 g/mol. The van der Waals surface area contributed by atoms with Gasteiger partial charge in [-0.15, -0.1) is 0 Å². The normalized spacial score (nSPS) is 16.2. The summed E-state index contributed by atoms with van der Waals surface area (Å²) in [6.07, 6.45) is 0.973. The van der Waals surface area contributed by atoms with Crippen molar-refractivity contribution in [3.63, 3.8) is 0 Å². The van der Waals surface area contributed by atoms with E-state index in [1.165, 1.54) is 11.1 Å². The van der Waals surface area contributed by atoms with E-state index >= 15 is 0 Å². The highest BCUT2D eigenvalue weighted by atomic mass is 16.5. The van der Waals surface area contributed by atoms with Crippen LogP contribution in [0.2, 0.25) is 0 Å². The maximum atomic E-state index is 12.0. The van der Waals surface area contributed by atoms with Crippen molar-refractivity contribution in [1.29, 1.82) is 0 Å². The van der Waals surface area contributed by atoms with Crippen LogP contribution in [0.5, 0.6) is 5.75 Å². The van der Waals surface area contributed by atoms with Gasteiger partial charge in [0.15, 0.2) is 0 Å². The van der Waals surface area contributed by atoms with E-state index in [9.17, 15) is 4.79 Å². The minimum Gasteiger partial charge on any atom is -0.493 e. The molecule has 4 heteroatoms. The Morgan fingerprint density at radius 1 is 1.29 bits per heavy atom. The number of amides is 1. The summed E-state index contributed by atoms with van der Waals surface area (Å²) in [6, 6.07) is 6.21. The molecule has 2 N–H and O–H groups in total. The van der Waals surface area contributed by atoms with Crippen molar-refractivity contribution in [1.82, 2.24) is 10.6 Å². The first-order chi connectivity index (χ1) is 9.97. The van der Waals surface area contributed by atoms with Gasteiger partial charge < -0.3 is 10.1 Å². The molecular formula is C17H26N2O2. The number of ether oxygens (including phenoxy) is 1. The van der Waals surface area contributed by atoms with Crippen LogP contribution in [0, 0.1) is 5.92 Å². The van der Waals surface area contributed by atoms with Crippen LogP contribution >= 0.6 is 0 Å². The van der Waals surface area contributed by atoms with Gasteiger partial charge in [-0.25, -0.2) is 0 Å². The number of benzene rings is 1. The fourth-order valence-corrected chi connectivity index (χ4v) is 2.48. The number of carbonyl (C=O) groups excluding carboxylic acids is 1. The topological polar surface area (TPSA) is 50.4 Å². The van der Waals surface area contributed by atoms with Crippen molar-refractivity contribution in [2.24, 2.45) is 5.92 Å². The zero-order valence-corrected chi connectivity index (χ0v) is 13.4. The Bertz CT molecular complexity index is 500. The molecule has 0 spiro atoms. The SMILES string of the molecule is CC(C)CNC(=O)C(C)NC(C)c1ccc2c(c1)CCO2. The summed E-state index contributed by atoms with van der Waals surface area (Å²) in [5, 5.41) is 6.32. The third-order valence-electron chi connectivity index (χ3n) is 3.79. The molecule has 4 nitrogen and oxygen atoms in total. The molecular weight excluding hydrogens is 264 g/mol. The molecule has 2 atom stereocenters. The lowest BCUT2D eigenvalue weighted by Crippen LogP contribution is -2.44. The van der Waals surface area contributed by atoms with Gasteiger partial charge >= 0.3 is 0 Å². The Morgan fingerprint density at radius 2 is 2.05 bits per heavy atom. The van der Waals surface area contributed by atoms with Crippen LogP contribution in [0.15, 0.2) is 18.2 Å². The van der Waals surface area contributed by atoms with Crippen LogP contribution in [0.25, 0.3) is 0 Å². The van der Waals surface area contributed by atoms with Gasteiger partial charge in [0.1, 0.15) is 5.75 Å². The van der Waals surface area contributed by atoms with Crippen LogP contribution in [-0.4, -0.2) is 25.1 Å². The summed E-state index contributed by atoms with van der Waals surface area (Å²) in [7, 11) is 0. The first-order valence-electron chi connectivity index (χ1n) is 7.76. The third-order valence-corrected chi connectivity index (χ3v) is 3.79. The van der Waals surface area contributed by atoms with Crippen molar-refractivity contribution in [2.75, 3.05) is 13.2 Å². The monoisotopic (exact) mass is 290 g/mol. The van der Waals surface area contributed by atoms with Crippen LogP contribution in [0.4, 0.5) is 0 Å². The fraction of sp³-hybridized carbons (Fsp3) is 0.588. The molecule has 1 aromatic carbocycles. The zero-order valence-electron chi connectivity index (χ0n) is 13.4. The second-order valence-corrected chi connectivity index (χ2v) is 6.21. The van der Waals surface area contributed by atoms with E-state index in [4.69, 9.17) is 4.74 Å². The van der Waals surface area contributed by atoms with E-state index < -0.39 is 0 Å². The molecule has 0 bridgehead atoms. The Hall–Kier alpha value is -1.55. The predicted molar refractivity (Wildman–Crippen MR) is 84.5 cm³/mol. The lowest BCUT2D eigenvalue weighted by atomic mass is 10.0. The Kier molecular flexibility index (Phi) is 5.23. The largest absolute Gasteiger partial charge is 0.493 e. The van der Waals surface area contributed by atoms with E-state index in [1.54, 1.807) is 0 Å². The number of hydrogen-bond acceptors (Lipinski definition) is 3. The van der Waals surface area contributed by atoms with E-state index in [0.29, 0.717) is 5.92 Å². The molecule has 1 aliphatic rings. The number of fused-ring (bicyclic) bond motifs is 1. The smallest absolute Gasteiger partial charge is 0.236 e. The highest BCUT2D eigenvalue weighted by Gasteiger charge is 2.18. The summed E-state index contributed by atoms with van der Waals surface area (Å²) in [5.74, 6) is 1.52. The molecule has 0 aromatic heterocycles. The van der Waals surface area contributed by atoms with Gasteiger partial charge in [-0.3, -0.25) is 10.1 Å². The van der Waals surface area contributed by atoms with Gasteiger partial charge in [-0.2, -0.15) is 0 Å². The first-order valence-corrected chi connectivity index (χ1v) is 7.76. The van der Waals surface area contributed by atoms with Crippen molar-refractivity contribution < 1.29 is 9.53 Å². The van der Waals surface area contributed by atoms with Crippen LogP contribution < -0.4 is 15.4 Å². The first kappa shape index (κ1) is 15.8. The number of rotatable bonds is 6. The zero-order chi connectivity index (χ0) is 15.4. The summed E-state index contributed by atoms with van der Waals surface area (Å²) in [6.45, 7) is 9.66. The van der Waals surface area contributed by atoms with Crippen LogP contribution in [0.1, 0.15) is 44.9 Å². The molecule has 0 fully saturated rings. The molecule has 116 valence electrons. The van der Waals surface area contributed by atoms with Crippen LogP contribution in [-0.2, 0) is 11.2 Å². The van der Waals surface area contributed by atoms with Gasteiger partial charge in [0.25, 0.3) is 0 Å². The molecule has 0 aliphatic carbocycles. The maximum Gasteiger partial charge on any atom is 0.236 e. The second kappa shape index (κ2) is 6.94. The van der Waals surface area contributed by atoms with Crippen molar-refractivity contribution >= 4 is 5.91 Å². The average Bonchev–Trinajstić information content (AvgIpc) is 2.91. The number of nitrogens with one attached hydrogen (secondary N) is 2. The van der Waals surface area contributed by atoms with Gasteiger partial charge in [0.05, 0.1) is 12.6 Å². The van der Waals surface area contributed by atoms with Crippen molar-refractivity contribution in [2.45, 2.75) is 46.2 Å². The molecule has 1 aliphatic heterocycles. The minimum atomic E-state index is -0.205. The third kappa shape index (κ3) is 4.21. The van der Waals surface area contributed by atoms with Gasteiger partial charge in [0, 0.05) is 19.0 Å². The standard InChI is InChI=1S/C17H26N2O2/c1-11(2)10-18-17(20)13(4)19-12(3)14-5-6-16-15(9-14)7-8-21-16/h5-6,9,11-13,19H,7-8,10H2,1-4H3,(H,18,20). The van der Waals surface area contributed by atoms with E-state index in [0.717, 1.165) is 25.3 Å². The van der Waals surface area contributed by atoms with Gasteiger partial charge in [0.2, 0.25) is 5.91 Å². The van der Waals surface area contributed by atoms with Gasteiger partial charge in [-0.1, -0.05) is 26.0 Å². The molecule has 1 amide bonds. The highest BCUT2D eigenvalue weighted by Crippen LogP contribution is 2.28. The molecule has 0 saturated carbocycles. The number of carbonyl (C=O) groups is 1. The Balaban J connectivity index is 1.91. The molecule has 1 aromatic rings. The molecule has 0 radical (unpaired) electrons. The van der Waals surface area contributed by atoms with Crippen LogP contribution in [0.3, 0.4) is 0 Å². The maximum absolute atomic E-state index is 12.0. The van der Waals surface area contributed by atoms with E-state index in [-0.39, 0.29) is 18.0 Å². The predicted octanol–water partition coefficient (Wildman–Crippen LogP) is 2.43. The minimum absolute atomic E-state index is 0.0556. The highest BCUT2D eigenvalue weighted by molar-refractivity contribution is 5.81. The lowest BCUT2D eigenvalue weighted by molar-refractivity contribution is -0.123. The Morgan fingerprint density at radius 3 is 2.76 bits per heavy atom. The van der Waals surface area contributed by atoms with Crippen molar-refractivity contribution in [3.8, 4) is 5.75 Å². The quantitative estimate of drug-likeness (QED) is 0.846. The van der Waals surface area contributed by atoms with Gasteiger partial charge in [-0.05, 0) is 37.0 Å². The summed E-state index contributed by atoms with van der Waals surface area (Å²) < 4.78 is 5.52.